The molecule has 0 aliphatic carbocycles. The van der Waals surface area contributed by atoms with Gasteiger partial charge in [-0.2, -0.15) is 0 Å². The van der Waals surface area contributed by atoms with Crippen LogP contribution in [0, 0.1) is 11.8 Å². The SMILES string of the molecule is CCC(C)C(NC(=O)[C@@H](Cc1ccc(-c2ccccc2)cc1)CP(=O)(O)CCc1ccccc1)C(=O)OC(C)(C)C. The lowest BCUT2D eigenvalue weighted by atomic mass is 9.95. The second-order valence-electron chi connectivity index (χ2n) is 11.9. The first-order valence-corrected chi connectivity index (χ1v) is 16.4. The van der Waals surface area contributed by atoms with E-state index in [2.05, 4.69) is 5.32 Å². The number of nitrogens with one attached hydrogen (secondary N) is 1. The highest BCUT2D eigenvalue weighted by Crippen LogP contribution is 2.44. The van der Waals surface area contributed by atoms with Gasteiger partial charge in [-0.25, -0.2) is 4.79 Å². The van der Waals surface area contributed by atoms with Crippen molar-refractivity contribution in [1.29, 1.82) is 0 Å². The van der Waals surface area contributed by atoms with E-state index in [4.69, 9.17) is 4.74 Å². The summed E-state index contributed by atoms with van der Waals surface area (Å²) in [4.78, 5) is 37.8. The summed E-state index contributed by atoms with van der Waals surface area (Å²) < 4.78 is 19.0. The third-order valence-corrected chi connectivity index (χ3v) is 9.12. The van der Waals surface area contributed by atoms with Crippen molar-refractivity contribution in [2.24, 2.45) is 11.8 Å². The molecule has 6 nitrogen and oxygen atoms in total. The molecule has 0 spiro atoms. The Balaban J connectivity index is 1.83. The average Bonchev–Trinajstić information content (AvgIpc) is 2.94. The topological polar surface area (TPSA) is 92.7 Å². The molecule has 7 heteroatoms. The predicted molar refractivity (Wildman–Crippen MR) is 166 cm³/mol. The molecule has 0 heterocycles. The van der Waals surface area contributed by atoms with Crippen LogP contribution in [0.5, 0.6) is 0 Å². The van der Waals surface area contributed by atoms with E-state index in [-0.39, 0.29) is 24.7 Å². The van der Waals surface area contributed by atoms with Crippen LogP contribution in [0.4, 0.5) is 0 Å². The molecular formula is C34H44NO5P. The fourth-order valence-corrected chi connectivity index (χ4v) is 6.45. The van der Waals surface area contributed by atoms with Gasteiger partial charge in [0, 0.05) is 12.3 Å². The van der Waals surface area contributed by atoms with Gasteiger partial charge in [0.05, 0.1) is 5.92 Å². The van der Waals surface area contributed by atoms with E-state index in [0.29, 0.717) is 12.8 Å². The van der Waals surface area contributed by atoms with Crippen LogP contribution in [0.15, 0.2) is 84.9 Å². The summed E-state index contributed by atoms with van der Waals surface area (Å²) in [5.41, 5.74) is 3.29. The third-order valence-electron chi connectivity index (χ3n) is 7.18. The molecular weight excluding hydrogens is 533 g/mol. The normalized spacial score (nSPS) is 15.3. The van der Waals surface area contributed by atoms with Gasteiger partial charge < -0.3 is 14.9 Å². The summed E-state index contributed by atoms with van der Waals surface area (Å²) >= 11 is 0. The zero-order chi connectivity index (χ0) is 30.0. The van der Waals surface area contributed by atoms with Gasteiger partial charge >= 0.3 is 5.97 Å². The van der Waals surface area contributed by atoms with Crippen molar-refractivity contribution in [3.63, 3.8) is 0 Å². The van der Waals surface area contributed by atoms with Crippen molar-refractivity contribution in [3.05, 3.63) is 96.1 Å². The second-order valence-corrected chi connectivity index (χ2v) is 14.4. The molecule has 41 heavy (non-hydrogen) atoms. The summed E-state index contributed by atoms with van der Waals surface area (Å²) in [7, 11) is -3.67. The molecule has 0 radical (unpaired) electrons. The smallest absolute Gasteiger partial charge is 0.329 e. The number of aryl methyl sites for hydroxylation is 1. The van der Waals surface area contributed by atoms with Crippen molar-refractivity contribution in [2.45, 2.75) is 65.5 Å². The van der Waals surface area contributed by atoms with Gasteiger partial charge in [0.2, 0.25) is 13.3 Å². The average molecular weight is 578 g/mol. The van der Waals surface area contributed by atoms with Crippen molar-refractivity contribution >= 4 is 19.2 Å². The lowest BCUT2D eigenvalue weighted by molar-refractivity contribution is -0.160. The Morgan fingerprint density at radius 1 is 0.878 bits per heavy atom. The van der Waals surface area contributed by atoms with Gasteiger partial charge in [0.15, 0.2) is 0 Å². The molecule has 4 atom stereocenters. The minimum Gasteiger partial charge on any atom is -0.458 e. The molecule has 0 aromatic heterocycles. The van der Waals surface area contributed by atoms with Crippen molar-refractivity contribution in [1.82, 2.24) is 5.32 Å². The summed E-state index contributed by atoms with van der Waals surface area (Å²) in [6.45, 7) is 9.21. The van der Waals surface area contributed by atoms with Gasteiger partial charge in [0.1, 0.15) is 11.6 Å². The zero-order valence-corrected chi connectivity index (χ0v) is 25.8. The number of esters is 1. The molecule has 0 bridgehead atoms. The summed E-state index contributed by atoms with van der Waals surface area (Å²) in [6.07, 6.45) is 1.29. The first-order chi connectivity index (χ1) is 19.4. The molecule has 2 N–H and O–H groups in total. The van der Waals surface area contributed by atoms with Crippen LogP contribution in [0.1, 0.15) is 52.2 Å². The maximum Gasteiger partial charge on any atom is 0.329 e. The van der Waals surface area contributed by atoms with Crippen LogP contribution < -0.4 is 5.32 Å². The van der Waals surface area contributed by atoms with Crippen LogP contribution in [0.25, 0.3) is 11.1 Å². The molecule has 3 aromatic carbocycles. The van der Waals surface area contributed by atoms with E-state index in [9.17, 15) is 19.0 Å². The van der Waals surface area contributed by atoms with E-state index in [1.54, 1.807) is 20.8 Å². The first-order valence-electron chi connectivity index (χ1n) is 14.4. The quantitative estimate of drug-likeness (QED) is 0.170. The van der Waals surface area contributed by atoms with E-state index < -0.39 is 36.8 Å². The Kier molecular flexibility index (Phi) is 11.5. The Morgan fingerprint density at radius 3 is 2.00 bits per heavy atom. The van der Waals surface area contributed by atoms with Crippen LogP contribution >= 0.6 is 7.37 Å². The van der Waals surface area contributed by atoms with Gasteiger partial charge in [-0.15, -0.1) is 0 Å². The van der Waals surface area contributed by atoms with Gasteiger partial charge in [-0.1, -0.05) is 105 Å². The summed E-state index contributed by atoms with van der Waals surface area (Å²) in [6, 6.07) is 26.6. The van der Waals surface area contributed by atoms with E-state index >= 15 is 0 Å². The zero-order valence-electron chi connectivity index (χ0n) is 24.9. The summed E-state index contributed by atoms with van der Waals surface area (Å²) in [5.74, 6) is -1.87. The number of carbonyl (C=O) groups excluding carboxylic acids is 2. The van der Waals surface area contributed by atoms with Gasteiger partial charge in [0.25, 0.3) is 0 Å². The fraction of sp³-hybridized carbons (Fsp3) is 0.412. The Labute approximate surface area is 245 Å². The molecule has 3 unspecified atom stereocenters. The molecule has 3 aromatic rings. The monoisotopic (exact) mass is 577 g/mol. The highest BCUT2D eigenvalue weighted by Gasteiger charge is 2.35. The van der Waals surface area contributed by atoms with Crippen LogP contribution in [0.3, 0.4) is 0 Å². The molecule has 3 rings (SSSR count). The first kappa shape index (κ1) is 32.3. The van der Waals surface area contributed by atoms with E-state index in [1.165, 1.54) is 0 Å². The second kappa shape index (κ2) is 14.6. The molecule has 0 aliphatic heterocycles. The maximum atomic E-state index is 13.7. The Bertz CT molecular complexity index is 1300. The predicted octanol–water partition coefficient (Wildman–Crippen LogP) is 6.90. The molecule has 0 saturated carbocycles. The number of carbonyl (C=O) groups is 2. The van der Waals surface area contributed by atoms with E-state index in [1.807, 2.05) is 98.8 Å². The molecule has 0 saturated heterocycles. The number of ether oxygens (including phenoxy) is 1. The molecule has 1 amide bonds. The van der Waals surface area contributed by atoms with Gasteiger partial charge in [-0.05, 0) is 61.8 Å². The highest BCUT2D eigenvalue weighted by atomic mass is 31.2. The Hall–Kier alpha value is -3.21. The standard InChI is InChI=1S/C34H44NO5P/c1-6-25(2)31(33(37)40-34(3,4)5)35-32(36)30(24-41(38,39)22-21-26-13-9-7-10-14-26)23-27-17-19-29(20-18-27)28-15-11-8-12-16-28/h7-20,25,30-31H,6,21-24H2,1-5H3,(H,35,36)(H,38,39)/t25?,30-,31?/m0/s1. The largest absolute Gasteiger partial charge is 0.458 e. The van der Waals surface area contributed by atoms with Crippen LogP contribution in [-0.2, 0) is 31.7 Å². The number of hydrogen-bond acceptors (Lipinski definition) is 4. The van der Waals surface area contributed by atoms with Crippen molar-refractivity contribution < 1.29 is 23.8 Å². The fourth-order valence-electron chi connectivity index (χ4n) is 4.68. The maximum absolute atomic E-state index is 13.7. The number of amides is 1. The number of rotatable bonds is 13. The van der Waals surface area contributed by atoms with Crippen LogP contribution in [-0.4, -0.2) is 40.7 Å². The third kappa shape index (κ3) is 10.6. The van der Waals surface area contributed by atoms with Crippen molar-refractivity contribution in [2.75, 3.05) is 12.3 Å². The number of benzene rings is 3. The van der Waals surface area contributed by atoms with E-state index in [0.717, 1.165) is 22.3 Å². The molecule has 0 fully saturated rings. The minimum absolute atomic E-state index is 0.0780. The molecule has 220 valence electrons. The molecule has 0 aliphatic rings. The lowest BCUT2D eigenvalue weighted by Crippen LogP contribution is -2.50. The minimum atomic E-state index is -3.67. The lowest BCUT2D eigenvalue weighted by Gasteiger charge is -2.29. The van der Waals surface area contributed by atoms with Gasteiger partial charge in [-0.3, -0.25) is 9.36 Å². The number of hydrogen-bond donors (Lipinski definition) is 2. The Morgan fingerprint density at radius 2 is 1.44 bits per heavy atom. The summed E-state index contributed by atoms with van der Waals surface area (Å²) in [5, 5.41) is 2.90. The van der Waals surface area contributed by atoms with Crippen molar-refractivity contribution in [3.8, 4) is 11.1 Å². The van der Waals surface area contributed by atoms with Crippen LogP contribution in [0.2, 0.25) is 0 Å². The highest BCUT2D eigenvalue weighted by molar-refractivity contribution is 7.58.